The van der Waals surface area contributed by atoms with E-state index in [2.05, 4.69) is 4.74 Å². The molecule has 0 aromatic heterocycles. The summed E-state index contributed by atoms with van der Waals surface area (Å²) in [6.07, 6.45) is 1.21. The number of hydrogen-bond acceptors (Lipinski definition) is 2. The van der Waals surface area contributed by atoms with Gasteiger partial charge in [-0.1, -0.05) is 18.6 Å². The van der Waals surface area contributed by atoms with Crippen LogP contribution in [0, 0.1) is 17.3 Å². The molecule has 2 saturated carbocycles. The van der Waals surface area contributed by atoms with Crippen molar-refractivity contribution in [3.63, 3.8) is 0 Å². The topological polar surface area (TPSA) is 35.2 Å². The molecule has 1 aromatic carbocycles. The highest BCUT2D eigenvalue weighted by Crippen LogP contribution is 2.56. The van der Waals surface area contributed by atoms with Gasteiger partial charge in [-0.15, -0.1) is 13.2 Å². The zero-order chi connectivity index (χ0) is 15.1. The Labute approximate surface area is 122 Å². The third kappa shape index (κ3) is 3.03. The van der Waals surface area contributed by atoms with E-state index in [-0.39, 0.29) is 11.2 Å². The van der Waals surface area contributed by atoms with Crippen molar-refractivity contribution in [3.8, 4) is 5.75 Å². The number of benzene rings is 1. The van der Waals surface area contributed by atoms with Crippen LogP contribution in [0.1, 0.15) is 31.2 Å². The largest absolute Gasteiger partial charge is 0.573 e. The minimum Gasteiger partial charge on any atom is -0.406 e. The van der Waals surface area contributed by atoms with E-state index >= 15 is 0 Å². The monoisotopic (exact) mass is 299 g/mol. The second-order valence-corrected chi connectivity index (χ2v) is 6.52. The van der Waals surface area contributed by atoms with Crippen molar-refractivity contribution in [3.05, 3.63) is 29.8 Å². The van der Waals surface area contributed by atoms with Crippen LogP contribution in [-0.2, 0) is 6.42 Å². The lowest BCUT2D eigenvalue weighted by molar-refractivity contribution is -0.274. The number of nitrogens with two attached hydrogens (primary N) is 1. The standard InChI is InChI=1S/C16H20F3NO/c17-16(18,19)21-14-5-2-11(3-6-14)8-15(10-20)9-12-1-4-13(15)7-12/h2-3,5-6,12-13H,1,4,7-10,20H2. The Bertz CT molecular complexity index is 499. The smallest absolute Gasteiger partial charge is 0.406 e. The lowest BCUT2D eigenvalue weighted by atomic mass is 9.69. The molecule has 21 heavy (non-hydrogen) atoms. The van der Waals surface area contributed by atoms with Gasteiger partial charge in [-0.3, -0.25) is 0 Å². The van der Waals surface area contributed by atoms with Crippen LogP contribution in [-0.4, -0.2) is 12.9 Å². The first-order chi connectivity index (χ1) is 9.90. The minimum atomic E-state index is -4.63. The number of alkyl halides is 3. The molecule has 0 amide bonds. The van der Waals surface area contributed by atoms with Crippen LogP contribution in [0.2, 0.25) is 0 Å². The zero-order valence-corrected chi connectivity index (χ0v) is 11.8. The summed E-state index contributed by atoms with van der Waals surface area (Å²) in [6, 6.07) is 6.23. The quantitative estimate of drug-likeness (QED) is 0.915. The summed E-state index contributed by atoms with van der Waals surface area (Å²) in [4.78, 5) is 0. The van der Waals surface area contributed by atoms with Crippen LogP contribution in [0.3, 0.4) is 0 Å². The van der Waals surface area contributed by atoms with Crippen LogP contribution in [0.5, 0.6) is 5.75 Å². The molecule has 2 fully saturated rings. The average Bonchev–Trinajstić information content (AvgIpc) is 3.00. The highest BCUT2D eigenvalue weighted by Gasteiger charge is 2.49. The lowest BCUT2D eigenvalue weighted by Gasteiger charge is -2.37. The second kappa shape index (κ2) is 5.20. The SMILES string of the molecule is NCC1(Cc2ccc(OC(F)(F)F)cc2)CC2CCC1C2. The van der Waals surface area contributed by atoms with Gasteiger partial charge in [0.1, 0.15) is 5.75 Å². The van der Waals surface area contributed by atoms with Gasteiger partial charge in [0.05, 0.1) is 0 Å². The molecule has 2 nitrogen and oxygen atoms in total. The van der Waals surface area contributed by atoms with Crippen LogP contribution in [0.4, 0.5) is 13.2 Å². The van der Waals surface area contributed by atoms with Gasteiger partial charge >= 0.3 is 6.36 Å². The molecule has 2 aliphatic carbocycles. The van der Waals surface area contributed by atoms with Gasteiger partial charge in [0.15, 0.2) is 0 Å². The summed E-state index contributed by atoms with van der Waals surface area (Å²) in [6.45, 7) is 0.662. The Hall–Kier alpha value is -1.23. The fourth-order valence-electron chi connectivity index (χ4n) is 4.31. The van der Waals surface area contributed by atoms with E-state index in [0.29, 0.717) is 12.5 Å². The normalized spacial score (nSPS) is 31.6. The summed E-state index contributed by atoms with van der Waals surface area (Å²) in [7, 11) is 0. The maximum absolute atomic E-state index is 12.1. The number of ether oxygens (including phenoxy) is 1. The lowest BCUT2D eigenvalue weighted by Crippen LogP contribution is -2.37. The third-order valence-corrected chi connectivity index (χ3v) is 5.22. The Morgan fingerprint density at radius 1 is 1.19 bits per heavy atom. The molecule has 3 atom stereocenters. The molecule has 2 aliphatic rings. The summed E-state index contributed by atoms with van der Waals surface area (Å²) >= 11 is 0. The van der Waals surface area contributed by atoms with E-state index in [9.17, 15) is 13.2 Å². The zero-order valence-electron chi connectivity index (χ0n) is 11.8. The number of fused-ring (bicyclic) bond motifs is 2. The van der Waals surface area contributed by atoms with E-state index in [0.717, 1.165) is 24.3 Å². The molecule has 0 saturated heterocycles. The molecule has 0 spiro atoms. The Balaban J connectivity index is 1.70. The summed E-state index contributed by atoms with van der Waals surface area (Å²) in [5.41, 5.74) is 7.24. The molecule has 0 aliphatic heterocycles. The van der Waals surface area contributed by atoms with Crippen molar-refractivity contribution in [2.24, 2.45) is 23.0 Å². The predicted octanol–water partition coefficient (Wildman–Crippen LogP) is 3.89. The van der Waals surface area contributed by atoms with Crippen molar-refractivity contribution in [1.29, 1.82) is 0 Å². The van der Waals surface area contributed by atoms with E-state index in [1.54, 1.807) is 12.1 Å². The molecule has 5 heteroatoms. The highest BCUT2D eigenvalue weighted by molar-refractivity contribution is 5.28. The minimum absolute atomic E-state index is 0.148. The summed E-state index contributed by atoms with van der Waals surface area (Å²) in [5, 5.41) is 0. The van der Waals surface area contributed by atoms with Gasteiger partial charge in [0, 0.05) is 0 Å². The number of rotatable bonds is 4. The van der Waals surface area contributed by atoms with E-state index in [4.69, 9.17) is 5.73 Å². The van der Waals surface area contributed by atoms with Crippen molar-refractivity contribution in [2.75, 3.05) is 6.54 Å². The van der Waals surface area contributed by atoms with Crippen molar-refractivity contribution in [2.45, 2.75) is 38.5 Å². The maximum atomic E-state index is 12.1. The van der Waals surface area contributed by atoms with Gasteiger partial charge < -0.3 is 10.5 Å². The van der Waals surface area contributed by atoms with Gasteiger partial charge in [-0.25, -0.2) is 0 Å². The van der Waals surface area contributed by atoms with E-state index < -0.39 is 6.36 Å². The average molecular weight is 299 g/mol. The first-order valence-corrected chi connectivity index (χ1v) is 7.45. The molecule has 3 rings (SSSR count). The van der Waals surface area contributed by atoms with E-state index in [1.807, 2.05) is 0 Å². The third-order valence-electron chi connectivity index (χ3n) is 5.22. The molecule has 0 heterocycles. The predicted molar refractivity (Wildman–Crippen MR) is 73.8 cm³/mol. The van der Waals surface area contributed by atoms with Gasteiger partial charge in [0.2, 0.25) is 0 Å². The summed E-state index contributed by atoms with van der Waals surface area (Å²) in [5.74, 6) is 1.31. The molecule has 2 bridgehead atoms. The molecular formula is C16H20F3NO. The van der Waals surface area contributed by atoms with Crippen LogP contribution >= 0.6 is 0 Å². The maximum Gasteiger partial charge on any atom is 0.573 e. The molecular weight excluding hydrogens is 279 g/mol. The van der Waals surface area contributed by atoms with Gasteiger partial charge in [-0.2, -0.15) is 0 Å². The first kappa shape index (κ1) is 14.7. The van der Waals surface area contributed by atoms with Crippen molar-refractivity contribution in [1.82, 2.24) is 0 Å². The molecule has 116 valence electrons. The van der Waals surface area contributed by atoms with E-state index in [1.165, 1.54) is 31.4 Å². The molecule has 1 aromatic rings. The Morgan fingerprint density at radius 3 is 2.38 bits per heavy atom. The fraction of sp³-hybridized carbons (Fsp3) is 0.625. The highest BCUT2D eigenvalue weighted by atomic mass is 19.4. The van der Waals surface area contributed by atoms with Gasteiger partial charge in [0.25, 0.3) is 0 Å². The van der Waals surface area contributed by atoms with Gasteiger partial charge in [-0.05, 0) is 67.2 Å². The second-order valence-electron chi connectivity index (χ2n) is 6.52. The van der Waals surface area contributed by atoms with Crippen LogP contribution in [0.15, 0.2) is 24.3 Å². The first-order valence-electron chi connectivity index (χ1n) is 7.45. The van der Waals surface area contributed by atoms with Crippen LogP contribution < -0.4 is 10.5 Å². The Morgan fingerprint density at radius 2 is 1.90 bits per heavy atom. The molecule has 2 N–H and O–H groups in total. The fourth-order valence-corrected chi connectivity index (χ4v) is 4.31. The van der Waals surface area contributed by atoms with Crippen molar-refractivity contribution < 1.29 is 17.9 Å². The number of hydrogen-bond donors (Lipinski definition) is 1. The summed E-state index contributed by atoms with van der Waals surface area (Å²) < 4.78 is 40.3. The number of halogens is 3. The Kier molecular flexibility index (Phi) is 3.64. The molecule has 3 unspecified atom stereocenters. The van der Waals surface area contributed by atoms with Crippen LogP contribution in [0.25, 0.3) is 0 Å². The van der Waals surface area contributed by atoms with Crippen molar-refractivity contribution >= 4 is 0 Å². The molecule has 0 radical (unpaired) electrons.